The molecule has 2 aromatic carbocycles. The van der Waals surface area contributed by atoms with Crippen LogP contribution in [0.3, 0.4) is 0 Å². The molecule has 1 heterocycles. The summed E-state index contributed by atoms with van der Waals surface area (Å²) in [5.41, 5.74) is 5.01. The molecule has 4 rings (SSSR count). The van der Waals surface area contributed by atoms with Crippen LogP contribution in [0.2, 0.25) is 0 Å². The van der Waals surface area contributed by atoms with Crippen LogP contribution in [-0.4, -0.2) is 0 Å². The summed E-state index contributed by atoms with van der Waals surface area (Å²) in [6.45, 7) is 4.60. The van der Waals surface area contributed by atoms with E-state index in [9.17, 15) is 0 Å². The number of fused-ring (bicyclic) bond motifs is 3. The molecule has 0 fully saturated rings. The smallest absolute Gasteiger partial charge is 0.0472 e. The first kappa shape index (κ1) is 11.0. The molecule has 1 unspecified atom stereocenters. The van der Waals surface area contributed by atoms with E-state index in [0.29, 0.717) is 0 Å². The Morgan fingerprint density at radius 2 is 1.53 bits per heavy atom. The zero-order valence-electron chi connectivity index (χ0n) is 10.5. The van der Waals surface area contributed by atoms with Crippen molar-refractivity contribution < 1.29 is 0 Å². The van der Waals surface area contributed by atoms with Gasteiger partial charge in [-0.25, -0.2) is 0 Å². The van der Waals surface area contributed by atoms with Crippen molar-refractivity contribution in [3.05, 3.63) is 89.7 Å². The molecule has 91 valence electrons. The van der Waals surface area contributed by atoms with Gasteiger partial charge in [-0.05, 0) is 40.6 Å². The van der Waals surface area contributed by atoms with Crippen molar-refractivity contribution in [1.29, 1.82) is 0 Å². The molecule has 0 nitrogen and oxygen atoms in total. The third-order valence-corrected chi connectivity index (χ3v) is 4.97. The molecule has 0 saturated heterocycles. The molecule has 1 heteroatoms. The van der Waals surface area contributed by atoms with E-state index >= 15 is 0 Å². The van der Waals surface area contributed by atoms with Crippen molar-refractivity contribution in [3.8, 4) is 10.4 Å². The van der Waals surface area contributed by atoms with Gasteiger partial charge in [0, 0.05) is 10.3 Å². The fourth-order valence-corrected chi connectivity index (χ4v) is 4.10. The second-order valence-electron chi connectivity index (χ2n) is 4.98. The summed E-state index contributed by atoms with van der Waals surface area (Å²) in [5, 5.41) is 2.17. The van der Waals surface area contributed by atoms with Gasteiger partial charge in [-0.3, -0.25) is 0 Å². The van der Waals surface area contributed by atoms with Crippen LogP contribution in [0.15, 0.2) is 66.0 Å². The fourth-order valence-electron chi connectivity index (χ4n) is 3.09. The second kappa shape index (κ2) is 3.82. The lowest BCUT2D eigenvalue weighted by Gasteiger charge is -2.27. The van der Waals surface area contributed by atoms with E-state index in [1.54, 1.807) is 0 Å². The van der Waals surface area contributed by atoms with Gasteiger partial charge in [-0.1, -0.05) is 54.6 Å². The van der Waals surface area contributed by atoms with Crippen molar-refractivity contribution in [2.45, 2.75) is 5.41 Å². The first-order chi connectivity index (χ1) is 9.32. The zero-order valence-corrected chi connectivity index (χ0v) is 11.3. The maximum Gasteiger partial charge on any atom is 0.0472 e. The highest BCUT2D eigenvalue weighted by molar-refractivity contribution is 7.14. The highest BCUT2D eigenvalue weighted by Crippen LogP contribution is 2.53. The van der Waals surface area contributed by atoms with Gasteiger partial charge >= 0.3 is 0 Å². The van der Waals surface area contributed by atoms with Gasteiger partial charge in [0.15, 0.2) is 0 Å². The Morgan fingerprint density at radius 1 is 0.789 bits per heavy atom. The molecule has 1 aromatic heterocycles. The van der Waals surface area contributed by atoms with Crippen molar-refractivity contribution in [3.63, 3.8) is 0 Å². The minimum Gasteiger partial charge on any atom is -0.143 e. The second-order valence-corrected chi connectivity index (χ2v) is 5.90. The largest absolute Gasteiger partial charge is 0.143 e. The van der Waals surface area contributed by atoms with Crippen LogP contribution in [0.1, 0.15) is 16.7 Å². The van der Waals surface area contributed by atoms with Gasteiger partial charge < -0.3 is 0 Å². The molecule has 1 radical (unpaired) electrons. The van der Waals surface area contributed by atoms with Gasteiger partial charge in [-0.15, -0.1) is 11.3 Å². The number of hydrogen-bond donors (Lipinski definition) is 0. The van der Waals surface area contributed by atoms with Crippen LogP contribution in [-0.2, 0) is 5.41 Å². The summed E-state index contributed by atoms with van der Waals surface area (Å²) in [5.74, 6) is 0. The first-order valence-corrected chi connectivity index (χ1v) is 7.28. The average molecular weight is 261 g/mol. The summed E-state index contributed by atoms with van der Waals surface area (Å²) in [6, 6.07) is 21.5. The van der Waals surface area contributed by atoms with Gasteiger partial charge in [0.05, 0.1) is 0 Å². The van der Waals surface area contributed by atoms with Crippen LogP contribution in [0.25, 0.3) is 10.4 Å². The molecular weight excluding hydrogens is 248 g/mol. The lowest BCUT2D eigenvalue weighted by atomic mass is 9.75. The highest BCUT2D eigenvalue weighted by atomic mass is 32.1. The van der Waals surface area contributed by atoms with Crippen LogP contribution >= 0.6 is 11.3 Å². The predicted molar refractivity (Wildman–Crippen MR) is 81.4 cm³/mol. The maximum atomic E-state index is 4.60. The average Bonchev–Trinajstić information content (AvgIpc) is 3.04. The molecule has 0 spiro atoms. The van der Waals surface area contributed by atoms with Crippen LogP contribution < -0.4 is 0 Å². The van der Waals surface area contributed by atoms with Crippen molar-refractivity contribution in [2.24, 2.45) is 0 Å². The number of benzene rings is 2. The van der Waals surface area contributed by atoms with E-state index in [1.807, 2.05) is 11.3 Å². The Morgan fingerprint density at radius 3 is 2.37 bits per heavy atom. The minimum absolute atomic E-state index is 0.257. The Kier molecular flexibility index (Phi) is 2.21. The van der Waals surface area contributed by atoms with Gasteiger partial charge in [0.2, 0.25) is 0 Å². The summed E-state index contributed by atoms with van der Waals surface area (Å²) in [4.78, 5) is 1.37. The van der Waals surface area contributed by atoms with Crippen molar-refractivity contribution >= 4 is 11.3 Å². The Balaban J connectivity index is 2.09. The Labute approximate surface area is 117 Å². The van der Waals surface area contributed by atoms with E-state index in [0.717, 1.165) is 0 Å². The molecule has 1 aliphatic rings. The van der Waals surface area contributed by atoms with Crippen molar-refractivity contribution in [1.82, 2.24) is 0 Å². The van der Waals surface area contributed by atoms with Crippen LogP contribution in [0.5, 0.6) is 0 Å². The molecule has 3 aromatic rings. The number of rotatable bonds is 1. The monoisotopic (exact) mass is 261 g/mol. The number of hydrogen-bond acceptors (Lipinski definition) is 1. The van der Waals surface area contributed by atoms with E-state index in [2.05, 4.69) is 73.0 Å². The lowest BCUT2D eigenvalue weighted by Crippen LogP contribution is -2.22. The molecule has 0 saturated carbocycles. The van der Waals surface area contributed by atoms with Gasteiger partial charge in [-0.2, -0.15) is 0 Å². The lowest BCUT2D eigenvalue weighted by molar-refractivity contribution is 0.802. The topological polar surface area (TPSA) is 0 Å². The quantitative estimate of drug-likeness (QED) is 0.584. The molecule has 0 amide bonds. The van der Waals surface area contributed by atoms with E-state index in [-0.39, 0.29) is 5.41 Å². The standard InChI is InChI=1S/C18H13S/c1-18(13-7-3-2-4-8-13)15-10-6-5-9-14(15)17-16(18)11-12-19-17/h2-12H,1H2. The fraction of sp³-hybridized carbons (Fsp3) is 0.0556. The van der Waals surface area contributed by atoms with Crippen LogP contribution in [0.4, 0.5) is 0 Å². The normalized spacial score (nSPS) is 20.1. The molecular formula is C18H13S. The summed E-state index contributed by atoms with van der Waals surface area (Å²) in [7, 11) is 0. The zero-order chi connectivity index (χ0) is 12.9. The summed E-state index contributed by atoms with van der Waals surface area (Å²) in [6.07, 6.45) is 0. The maximum absolute atomic E-state index is 4.60. The van der Waals surface area contributed by atoms with E-state index in [4.69, 9.17) is 0 Å². The molecule has 19 heavy (non-hydrogen) atoms. The summed E-state index contributed by atoms with van der Waals surface area (Å²) >= 11 is 1.81. The van der Waals surface area contributed by atoms with Gasteiger partial charge in [0.1, 0.15) is 0 Å². The van der Waals surface area contributed by atoms with Crippen LogP contribution in [0, 0.1) is 6.92 Å². The molecule has 0 N–H and O–H groups in total. The number of thiophene rings is 1. The molecule has 0 aliphatic heterocycles. The Bertz CT molecular complexity index is 739. The van der Waals surface area contributed by atoms with E-state index < -0.39 is 0 Å². The predicted octanol–water partition coefficient (Wildman–Crippen LogP) is 4.90. The highest BCUT2D eigenvalue weighted by Gasteiger charge is 2.41. The minimum atomic E-state index is -0.257. The SMILES string of the molecule is [CH2]C1(c2ccccc2)c2ccccc2-c2sccc21. The molecule has 0 bridgehead atoms. The Hall–Kier alpha value is -1.86. The third-order valence-electron chi connectivity index (χ3n) is 4.02. The van der Waals surface area contributed by atoms with Gasteiger partial charge in [0.25, 0.3) is 0 Å². The van der Waals surface area contributed by atoms with Crippen molar-refractivity contribution in [2.75, 3.05) is 0 Å². The first-order valence-electron chi connectivity index (χ1n) is 6.40. The molecule has 1 atom stereocenters. The summed E-state index contributed by atoms with van der Waals surface area (Å²) < 4.78 is 0. The van der Waals surface area contributed by atoms with E-state index in [1.165, 1.54) is 27.1 Å². The molecule has 1 aliphatic carbocycles. The third kappa shape index (κ3) is 1.34.